The predicted octanol–water partition coefficient (Wildman–Crippen LogP) is 6.00. The first-order valence-corrected chi connectivity index (χ1v) is 13.7. The average Bonchev–Trinajstić information content (AvgIpc) is 2.63. The van der Waals surface area contributed by atoms with E-state index in [4.69, 9.17) is 32.5 Å². The van der Waals surface area contributed by atoms with Crippen molar-refractivity contribution in [2.24, 2.45) is 0 Å². The van der Waals surface area contributed by atoms with Crippen molar-refractivity contribution in [3.8, 4) is 5.75 Å². The van der Waals surface area contributed by atoms with Gasteiger partial charge in [0.15, 0.2) is 5.75 Å². The monoisotopic (exact) mass is 864 g/mol. The van der Waals surface area contributed by atoms with Gasteiger partial charge in [0.05, 0.1) is 28.3 Å². The Morgan fingerprint density at radius 1 is 0.970 bits per heavy atom. The minimum absolute atomic E-state index is 0.131. The number of hydrogen-bond donors (Lipinski definition) is 1. The molecule has 16 heteroatoms. The highest BCUT2D eigenvalue weighted by molar-refractivity contribution is 14.1. The summed E-state index contributed by atoms with van der Waals surface area (Å²) in [5, 5.41) is -0.505. The van der Waals surface area contributed by atoms with E-state index in [0.29, 0.717) is 7.14 Å². The molecule has 0 heterocycles. The molecular formula is C17H8Cl2F3I3O7S. The Hall–Kier alpha value is -0.150. The summed E-state index contributed by atoms with van der Waals surface area (Å²) < 4.78 is 81.5. The molecule has 1 N–H and O–H groups in total. The maximum Gasteiger partial charge on any atom is 0.426 e. The molecule has 2 rings (SSSR count). The Bertz CT molecular complexity index is 1200. The van der Waals surface area contributed by atoms with Crippen LogP contribution in [0.15, 0.2) is 24.3 Å². The summed E-state index contributed by atoms with van der Waals surface area (Å²) in [5.74, 6) is -4.71. The molecule has 0 radical (unpaired) electrons. The van der Waals surface area contributed by atoms with Crippen LogP contribution in [0.4, 0.5) is 13.2 Å². The van der Waals surface area contributed by atoms with Crippen molar-refractivity contribution in [3.05, 3.63) is 56.1 Å². The van der Waals surface area contributed by atoms with Gasteiger partial charge in [0, 0.05) is 3.57 Å². The molecule has 0 bridgehead atoms. The van der Waals surface area contributed by atoms with Crippen LogP contribution in [0.1, 0.15) is 20.7 Å². The summed E-state index contributed by atoms with van der Waals surface area (Å²) in [6.07, 6.45) is -8.55. The number of esters is 2. The largest absolute Gasteiger partial charge is 0.448 e. The van der Waals surface area contributed by atoms with Crippen LogP contribution in [0, 0.1) is 10.7 Å². The van der Waals surface area contributed by atoms with Crippen LogP contribution in [0.25, 0.3) is 0 Å². The Labute approximate surface area is 235 Å². The molecule has 0 aliphatic heterocycles. The van der Waals surface area contributed by atoms with Gasteiger partial charge in [-0.15, -0.1) is 0 Å². The third-order valence-corrected chi connectivity index (χ3v) is 7.31. The van der Waals surface area contributed by atoms with Gasteiger partial charge >= 0.3 is 18.1 Å². The SMILES string of the molecule is O=C(Oc1c(I)cc(I)cc1I)c1cc(Cl)c(Cl)cc1C(=O)OC(CS(=O)(=O)O)C(F)(F)F. The summed E-state index contributed by atoms with van der Waals surface area (Å²) in [4.78, 5) is 25.3. The molecule has 0 aliphatic carbocycles. The minimum Gasteiger partial charge on any atom is -0.448 e. The normalized spacial score (nSPS) is 12.9. The topological polar surface area (TPSA) is 107 Å². The Kier molecular flexibility index (Phi) is 9.94. The van der Waals surface area contributed by atoms with Crippen LogP contribution in [-0.4, -0.2) is 42.9 Å². The van der Waals surface area contributed by atoms with Crippen LogP contribution in [0.2, 0.25) is 10.0 Å². The first-order valence-electron chi connectivity index (χ1n) is 8.08. The van der Waals surface area contributed by atoms with E-state index in [1.165, 1.54) is 0 Å². The molecule has 0 fully saturated rings. The third-order valence-electron chi connectivity index (χ3n) is 3.63. The van der Waals surface area contributed by atoms with Crippen LogP contribution in [0.5, 0.6) is 5.75 Å². The number of carbonyl (C=O) groups excluding carboxylic acids is 2. The maximum absolute atomic E-state index is 13.1. The number of alkyl halides is 3. The summed E-state index contributed by atoms with van der Waals surface area (Å²) in [7, 11) is -5.17. The molecule has 33 heavy (non-hydrogen) atoms. The molecular weight excluding hydrogens is 857 g/mol. The number of rotatable bonds is 6. The van der Waals surface area contributed by atoms with Crippen molar-refractivity contribution in [2.75, 3.05) is 5.75 Å². The Morgan fingerprint density at radius 3 is 1.85 bits per heavy atom. The van der Waals surface area contributed by atoms with Crippen molar-refractivity contribution >= 4 is 113 Å². The van der Waals surface area contributed by atoms with E-state index >= 15 is 0 Å². The lowest BCUT2D eigenvalue weighted by Crippen LogP contribution is -2.39. The summed E-state index contributed by atoms with van der Waals surface area (Å²) in [6, 6.07) is 5.08. The Balaban J connectivity index is 2.47. The van der Waals surface area contributed by atoms with Gasteiger partial charge in [-0.25, -0.2) is 9.59 Å². The lowest BCUT2D eigenvalue weighted by atomic mass is 10.1. The fourth-order valence-corrected chi connectivity index (χ4v) is 7.01. The molecule has 0 aliphatic rings. The van der Waals surface area contributed by atoms with Gasteiger partial charge in [-0.2, -0.15) is 21.6 Å². The van der Waals surface area contributed by atoms with E-state index in [1.54, 1.807) is 12.1 Å². The highest BCUT2D eigenvalue weighted by Crippen LogP contribution is 2.33. The summed E-state index contributed by atoms with van der Waals surface area (Å²) in [6.45, 7) is 0. The zero-order chi connectivity index (χ0) is 25.3. The molecule has 0 saturated heterocycles. The molecule has 0 amide bonds. The number of ether oxygens (including phenoxy) is 2. The zero-order valence-corrected chi connectivity index (χ0v) is 24.2. The fraction of sp³-hybridized carbons (Fsp3) is 0.176. The van der Waals surface area contributed by atoms with Gasteiger partial charge in [0.1, 0.15) is 5.75 Å². The highest BCUT2D eigenvalue weighted by atomic mass is 127. The number of hydrogen-bond acceptors (Lipinski definition) is 6. The Morgan fingerprint density at radius 2 is 1.42 bits per heavy atom. The quantitative estimate of drug-likeness (QED) is 0.165. The van der Waals surface area contributed by atoms with Crippen LogP contribution >= 0.6 is 91.0 Å². The van der Waals surface area contributed by atoms with Gasteiger partial charge in [-0.3, -0.25) is 4.55 Å². The van der Waals surface area contributed by atoms with Crippen molar-refractivity contribution in [3.63, 3.8) is 0 Å². The summed E-state index contributed by atoms with van der Waals surface area (Å²) in [5.41, 5.74) is -1.33. The molecule has 180 valence electrons. The number of benzene rings is 2. The second-order valence-electron chi connectivity index (χ2n) is 6.08. The highest BCUT2D eigenvalue weighted by Gasteiger charge is 2.46. The first-order chi connectivity index (χ1) is 15.0. The van der Waals surface area contributed by atoms with Gasteiger partial charge in [0.25, 0.3) is 10.1 Å². The second kappa shape index (κ2) is 11.3. The standard InChI is InChI=1S/C17H8Cl2F3I3O7S/c18-9-3-7(15(26)31-13(17(20,21)22)5-33(28,29)30)8(4-10(9)19)16(27)32-14-11(24)1-6(23)2-12(14)25/h1-4,13H,5H2,(H,28,29,30). The minimum atomic E-state index is -5.34. The number of halogens is 8. The molecule has 0 spiro atoms. The molecule has 7 nitrogen and oxygen atoms in total. The second-order valence-corrected chi connectivity index (χ2v) is 12.0. The lowest BCUT2D eigenvalue weighted by Gasteiger charge is -2.20. The molecule has 1 atom stereocenters. The van der Waals surface area contributed by atoms with E-state index in [0.717, 1.165) is 15.7 Å². The van der Waals surface area contributed by atoms with Gasteiger partial charge in [0.2, 0.25) is 6.10 Å². The predicted molar refractivity (Wildman–Crippen MR) is 138 cm³/mol. The van der Waals surface area contributed by atoms with E-state index < -0.39 is 51.2 Å². The molecule has 0 aromatic heterocycles. The van der Waals surface area contributed by atoms with Crippen molar-refractivity contribution < 1.29 is 45.2 Å². The van der Waals surface area contributed by atoms with E-state index in [2.05, 4.69) is 4.74 Å². The van der Waals surface area contributed by atoms with E-state index in [-0.39, 0.29) is 15.8 Å². The lowest BCUT2D eigenvalue weighted by molar-refractivity contribution is -0.197. The van der Waals surface area contributed by atoms with Crippen LogP contribution in [-0.2, 0) is 14.9 Å². The van der Waals surface area contributed by atoms with Crippen LogP contribution in [0.3, 0.4) is 0 Å². The van der Waals surface area contributed by atoms with Gasteiger partial charge < -0.3 is 9.47 Å². The maximum atomic E-state index is 13.1. The smallest absolute Gasteiger partial charge is 0.426 e. The van der Waals surface area contributed by atoms with Crippen molar-refractivity contribution in [2.45, 2.75) is 12.3 Å². The van der Waals surface area contributed by atoms with Crippen LogP contribution < -0.4 is 4.74 Å². The average molecular weight is 865 g/mol. The first kappa shape index (κ1) is 29.1. The zero-order valence-electron chi connectivity index (χ0n) is 15.4. The van der Waals surface area contributed by atoms with E-state index in [9.17, 15) is 31.2 Å². The van der Waals surface area contributed by atoms with Crippen molar-refractivity contribution in [1.82, 2.24) is 0 Å². The molecule has 2 aromatic rings. The molecule has 1 unspecified atom stereocenters. The molecule has 0 saturated carbocycles. The number of carbonyl (C=O) groups is 2. The third kappa shape index (κ3) is 8.19. The fourth-order valence-electron chi connectivity index (χ4n) is 2.24. The summed E-state index contributed by atoms with van der Waals surface area (Å²) >= 11 is 17.6. The van der Waals surface area contributed by atoms with Crippen molar-refractivity contribution in [1.29, 1.82) is 0 Å². The van der Waals surface area contributed by atoms with E-state index in [1.807, 2.05) is 67.8 Å². The van der Waals surface area contributed by atoms with Gasteiger partial charge in [-0.1, -0.05) is 23.2 Å². The molecule has 2 aromatic carbocycles. The van der Waals surface area contributed by atoms with Gasteiger partial charge in [-0.05, 0) is 92.0 Å².